The van der Waals surface area contributed by atoms with E-state index in [2.05, 4.69) is 11.4 Å². The lowest BCUT2D eigenvalue weighted by molar-refractivity contribution is -0.123. The van der Waals surface area contributed by atoms with Crippen LogP contribution in [0.5, 0.6) is 0 Å². The molecule has 0 unspecified atom stereocenters. The Kier molecular flexibility index (Phi) is 5.39. The lowest BCUT2D eigenvalue weighted by Gasteiger charge is -2.24. The molecule has 96 valence electrons. The minimum atomic E-state index is -0.605. The highest BCUT2D eigenvalue weighted by molar-refractivity contribution is 5.79. The number of rotatable bonds is 6. The van der Waals surface area contributed by atoms with Crippen molar-refractivity contribution in [3.63, 3.8) is 0 Å². The summed E-state index contributed by atoms with van der Waals surface area (Å²) in [5.74, 6) is -0.0621. The predicted octanol–water partition coefficient (Wildman–Crippen LogP) is 0.220. The van der Waals surface area contributed by atoms with Crippen LogP contribution in [0.25, 0.3) is 0 Å². The van der Waals surface area contributed by atoms with Gasteiger partial charge < -0.3 is 11.1 Å². The van der Waals surface area contributed by atoms with Crippen LogP contribution in [-0.4, -0.2) is 43.0 Å². The van der Waals surface area contributed by atoms with Gasteiger partial charge >= 0.3 is 0 Å². The van der Waals surface area contributed by atoms with Crippen LogP contribution in [0.4, 0.5) is 0 Å². The second-order valence-electron chi connectivity index (χ2n) is 4.83. The number of amides is 1. The number of hydrogen-bond donors (Lipinski definition) is 2. The molecule has 0 aromatic carbocycles. The maximum absolute atomic E-state index is 11.8. The van der Waals surface area contributed by atoms with Gasteiger partial charge in [0.05, 0.1) is 12.6 Å². The Morgan fingerprint density at radius 1 is 1.53 bits per heavy atom. The van der Waals surface area contributed by atoms with Gasteiger partial charge in [-0.15, -0.1) is 0 Å². The van der Waals surface area contributed by atoms with Gasteiger partial charge in [-0.25, -0.2) is 0 Å². The summed E-state index contributed by atoms with van der Waals surface area (Å²) in [5.41, 5.74) is 4.81. The predicted molar refractivity (Wildman–Crippen MR) is 66.1 cm³/mol. The summed E-state index contributed by atoms with van der Waals surface area (Å²) in [7, 11) is 1.89. The second kappa shape index (κ2) is 6.58. The zero-order chi connectivity index (χ0) is 12.7. The number of nitriles is 1. The number of hydrogen-bond acceptors (Lipinski definition) is 4. The van der Waals surface area contributed by atoms with E-state index < -0.39 is 5.54 Å². The van der Waals surface area contributed by atoms with Gasteiger partial charge in [0.2, 0.25) is 5.91 Å². The Balaban J connectivity index is 2.36. The van der Waals surface area contributed by atoms with Crippen LogP contribution in [0.1, 0.15) is 32.1 Å². The molecular formula is C12H22N4O. The van der Waals surface area contributed by atoms with E-state index in [0.29, 0.717) is 13.1 Å². The van der Waals surface area contributed by atoms with Crippen molar-refractivity contribution in [2.75, 3.05) is 26.7 Å². The van der Waals surface area contributed by atoms with Crippen LogP contribution in [0.3, 0.4) is 0 Å². The Morgan fingerprint density at radius 3 is 2.71 bits per heavy atom. The van der Waals surface area contributed by atoms with Crippen LogP contribution in [-0.2, 0) is 4.79 Å². The Morgan fingerprint density at radius 2 is 2.18 bits per heavy atom. The van der Waals surface area contributed by atoms with Gasteiger partial charge in [0.1, 0.15) is 5.54 Å². The Hall–Kier alpha value is -1.12. The molecule has 0 aliphatic heterocycles. The zero-order valence-electron chi connectivity index (χ0n) is 10.5. The van der Waals surface area contributed by atoms with Gasteiger partial charge in [-0.2, -0.15) is 5.26 Å². The molecule has 1 amide bonds. The van der Waals surface area contributed by atoms with E-state index >= 15 is 0 Å². The van der Waals surface area contributed by atoms with E-state index in [9.17, 15) is 4.79 Å². The monoisotopic (exact) mass is 238 g/mol. The lowest BCUT2D eigenvalue weighted by atomic mass is 10.00. The fourth-order valence-electron chi connectivity index (χ4n) is 2.24. The van der Waals surface area contributed by atoms with Crippen molar-refractivity contribution >= 4 is 5.91 Å². The smallest absolute Gasteiger partial charge is 0.235 e. The maximum atomic E-state index is 11.8. The summed E-state index contributed by atoms with van der Waals surface area (Å²) in [6, 6.07) is 2.25. The van der Waals surface area contributed by atoms with E-state index in [1.165, 1.54) is 0 Å². The van der Waals surface area contributed by atoms with E-state index in [0.717, 1.165) is 38.6 Å². The van der Waals surface area contributed by atoms with Crippen LogP contribution < -0.4 is 11.1 Å². The third kappa shape index (κ3) is 4.33. The molecule has 0 heterocycles. The van der Waals surface area contributed by atoms with E-state index in [4.69, 9.17) is 11.0 Å². The van der Waals surface area contributed by atoms with Crippen LogP contribution in [0, 0.1) is 11.3 Å². The van der Waals surface area contributed by atoms with Crippen molar-refractivity contribution in [2.45, 2.75) is 37.6 Å². The van der Waals surface area contributed by atoms with Crippen LogP contribution >= 0.6 is 0 Å². The van der Waals surface area contributed by atoms with Crippen molar-refractivity contribution in [1.82, 2.24) is 10.2 Å². The molecule has 1 fully saturated rings. The summed E-state index contributed by atoms with van der Waals surface area (Å²) in [6.45, 7) is 1.78. The van der Waals surface area contributed by atoms with Gasteiger partial charge in [-0.05, 0) is 52.2 Å². The standard InChI is InChI=1S/C12H22N4O/c1-16(8-4-7-13)9-11(17)15-12(10-14)5-2-3-6-12/h2-9,13H2,1H3,(H,15,17). The highest BCUT2D eigenvalue weighted by Crippen LogP contribution is 2.28. The van der Waals surface area contributed by atoms with Gasteiger partial charge in [0.25, 0.3) is 0 Å². The van der Waals surface area contributed by atoms with Crippen LogP contribution in [0.15, 0.2) is 0 Å². The number of carbonyl (C=O) groups excluding carboxylic acids is 1. The largest absolute Gasteiger partial charge is 0.337 e. The normalized spacial score (nSPS) is 18.0. The minimum absolute atomic E-state index is 0.0621. The molecular weight excluding hydrogens is 216 g/mol. The number of nitrogens with two attached hydrogens (primary N) is 1. The van der Waals surface area contributed by atoms with E-state index in [-0.39, 0.29) is 5.91 Å². The molecule has 0 saturated heterocycles. The molecule has 1 aliphatic rings. The van der Waals surface area contributed by atoms with Crippen molar-refractivity contribution in [3.8, 4) is 6.07 Å². The number of carbonyl (C=O) groups is 1. The molecule has 0 atom stereocenters. The van der Waals surface area contributed by atoms with E-state index in [1.807, 2.05) is 11.9 Å². The summed E-state index contributed by atoms with van der Waals surface area (Å²) in [5, 5.41) is 12.0. The van der Waals surface area contributed by atoms with E-state index in [1.54, 1.807) is 0 Å². The SMILES string of the molecule is CN(CCCN)CC(=O)NC1(C#N)CCCC1. The van der Waals surface area contributed by atoms with Gasteiger partial charge in [0.15, 0.2) is 0 Å². The number of nitrogens with one attached hydrogen (secondary N) is 1. The summed E-state index contributed by atoms with van der Waals surface area (Å²) >= 11 is 0. The molecule has 5 heteroatoms. The molecule has 3 N–H and O–H groups in total. The number of nitrogens with zero attached hydrogens (tertiary/aromatic N) is 2. The molecule has 17 heavy (non-hydrogen) atoms. The molecule has 5 nitrogen and oxygen atoms in total. The minimum Gasteiger partial charge on any atom is -0.337 e. The van der Waals surface area contributed by atoms with Crippen LogP contribution in [0.2, 0.25) is 0 Å². The molecule has 1 saturated carbocycles. The fourth-order valence-corrected chi connectivity index (χ4v) is 2.24. The quantitative estimate of drug-likeness (QED) is 0.693. The molecule has 0 aromatic heterocycles. The average Bonchev–Trinajstić information content (AvgIpc) is 2.75. The summed E-state index contributed by atoms with van der Waals surface area (Å²) < 4.78 is 0. The second-order valence-corrected chi connectivity index (χ2v) is 4.83. The van der Waals surface area contributed by atoms with Gasteiger partial charge in [-0.3, -0.25) is 9.69 Å². The highest BCUT2D eigenvalue weighted by atomic mass is 16.2. The molecule has 0 spiro atoms. The van der Waals surface area contributed by atoms with Crippen molar-refractivity contribution < 1.29 is 4.79 Å². The van der Waals surface area contributed by atoms with Gasteiger partial charge in [-0.1, -0.05) is 0 Å². The molecule has 0 aromatic rings. The first kappa shape index (κ1) is 13.9. The lowest BCUT2D eigenvalue weighted by Crippen LogP contribution is -2.48. The topological polar surface area (TPSA) is 82.2 Å². The highest BCUT2D eigenvalue weighted by Gasteiger charge is 2.35. The molecule has 1 rings (SSSR count). The number of likely N-dealkylation sites (N-methyl/N-ethyl adjacent to an activating group) is 1. The van der Waals surface area contributed by atoms with Crippen molar-refractivity contribution in [1.29, 1.82) is 5.26 Å². The Bertz CT molecular complexity index is 291. The fraction of sp³-hybridized carbons (Fsp3) is 0.833. The van der Waals surface area contributed by atoms with Crippen molar-refractivity contribution in [3.05, 3.63) is 0 Å². The molecule has 0 bridgehead atoms. The van der Waals surface area contributed by atoms with Gasteiger partial charge in [0, 0.05) is 0 Å². The molecule has 0 radical (unpaired) electrons. The first-order chi connectivity index (χ1) is 8.12. The first-order valence-electron chi connectivity index (χ1n) is 6.23. The molecule has 1 aliphatic carbocycles. The summed E-state index contributed by atoms with van der Waals surface area (Å²) in [4.78, 5) is 13.7. The maximum Gasteiger partial charge on any atom is 0.235 e. The summed E-state index contributed by atoms with van der Waals surface area (Å²) in [6.07, 6.45) is 4.49. The third-order valence-corrected chi connectivity index (χ3v) is 3.21. The Labute approximate surface area is 103 Å². The zero-order valence-corrected chi connectivity index (χ0v) is 10.5. The first-order valence-corrected chi connectivity index (χ1v) is 6.23. The average molecular weight is 238 g/mol. The van der Waals surface area contributed by atoms with Crippen molar-refractivity contribution in [2.24, 2.45) is 5.73 Å². The third-order valence-electron chi connectivity index (χ3n) is 3.21.